The largest absolute Gasteiger partial charge is 0.467 e. The molecule has 0 amide bonds. The van der Waals surface area contributed by atoms with Gasteiger partial charge in [0.05, 0.1) is 18.5 Å². The Morgan fingerprint density at radius 2 is 2.33 bits per heavy atom. The number of nitro groups is 1. The molecule has 7 heteroatoms. The van der Waals surface area contributed by atoms with Crippen LogP contribution >= 0.6 is 0 Å². The van der Waals surface area contributed by atoms with Gasteiger partial charge in [-0.15, -0.1) is 0 Å². The fourth-order valence-corrected chi connectivity index (χ4v) is 1.01. The van der Waals surface area contributed by atoms with Crippen molar-refractivity contribution in [3.05, 3.63) is 22.0 Å². The maximum Gasteiger partial charge on any atom is 0.316 e. The summed E-state index contributed by atoms with van der Waals surface area (Å²) in [5, 5.41) is 10.6. The number of hydrogen-bond donors (Lipinski definition) is 0. The number of carbonyl (C=O) groups excluding carboxylic acids is 1. The quantitative estimate of drug-likeness (QED) is 0.532. The molecule has 15 heavy (non-hydrogen) atoms. The van der Waals surface area contributed by atoms with Gasteiger partial charge in [-0.25, -0.2) is 0 Å². The highest BCUT2D eigenvalue weighted by molar-refractivity contribution is 5.78. The van der Waals surface area contributed by atoms with Crippen LogP contribution in [0.15, 0.2) is 6.20 Å². The lowest BCUT2D eigenvalue weighted by molar-refractivity contribution is -0.386. The summed E-state index contributed by atoms with van der Waals surface area (Å²) < 4.78 is 4.72. The van der Waals surface area contributed by atoms with Crippen molar-refractivity contribution < 1.29 is 14.5 Å². The van der Waals surface area contributed by atoms with Gasteiger partial charge in [-0.1, -0.05) is 0 Å². The van der Waals surface area contributed by atoms with E-state index in [2.05, 4.69) is 9.97 Å². The lowest BCUT2D eigenvalue weighted by Crippen LogP contribution is -2.06. The highest BCUT2D eigenvalue weighted by Gasteiger charge is 2.18. The molecule has 0 saturated carbocycles. The Hall–Kier alpha value is -2.05. The van der Waals surface area contributed by atoms with Gasteiger partial charge in [0.1, 0.15) is 17.7 Å². The monoisotopic (exact) mass is 211 g/mol. The second-order valence-electron chi connectivity index (χ2n) is 2.82. The van der Waals surface area contributed by atoms with Crippen LogP contribution in [0.5, 0.6) is 6.01 Å². The third-order valence-corrected chi connectivity index (χ3v) is 1.62. The standard InChI is InChI=1S/C8H9N3O4/c1-5(12)3-6-7(11(13)14)4-9-8(10-6)15-2/h4H,3H2,1-2H3. The zero-order valence-corrected chi connectivity index (χ0v) is 8.26. The molecule has 0 aliphatic rings. The van der Waals surface area contributed by atoms with Gasteiger partial charge < -0.3 is 4.74 Å². The summed E-state index contributed by atoms with van der Waals surface area (Å²) in [5.74, 6) is -0.209. The normalized spacial score (nSPS) is 9.73. The van der Waals surface area contributed by atoms with Crippen LogP contribution in [0.2, 0.25) is 0 Å². The minimum absolute atomic E-state index is 0.0110. The van der Waals surface area contributed by atoms with E-state index < -0.39 is 4.92 Å². The van der Waals surface area contributed by atoms with Crippen LogP contribution in [0.25, 0.3) is 0 Å². The van der Waals surface area contributed by atoms with E-state index in [1.165, 1.54) is 14.0 Å². The lowest BCUT2D eigenvalue weighted by atomic mass is 10.2. The predicted octanol–water partition coefficient (Wildman–Crippen LogP) is 0.525. The van der Waals surface area contributed by atoms with Crippen LogP contribution in [0.3, 0.4) is 0 Å². The van der Waals surface area contributed by atoms with Crippen molar-refractivity contribution in [2.75, 3.05) is 7.11 Å². The molecule has 1 rings (SSSR count). The summed E-state index contributed by atoms with van der Waals surface area (Å²) in [6, 6.07) is 0.0110. The molecule has 0 radical (unpaired) electrons. The summed E-state index contributed by atoms with van der Waals surface area (Å²) >= 11 is 0. The van der Waals surface area contributed by atoms with Gasteiger partial charge in [0.15, 0.2) is 0 Å². The molecular formula is C8H9N3O4. The van der Waals surface area contributed by atoms with Crippen LogP contribution in [0.4, 0.5) is 5.69 Å². The zero-order valence-electron chi connectivity index (χ0n) is 8.26. The number of nitrogens with zero attached hydrogens (tertiary/aromatic N) is 3. The maximum atomic E-state index is 10.9. The first-order valence-corrected chi connectivity index (χ1v) is 4.08. The molecule has 1 heterocycles. The van der Waals surface area contributed by atoms with Crippen molar-refractivity contribution in [2.45, 2.75) is 13.3 Å². The van der Waals surface area contributed by atoms with Crippen molar-refractivity contribution in [1.29, 1.82) is 0 Å². The smallest absolute Gasteiger partial charge is 0.316 e. The summed E-state index contributed by atoms with van der Waals surface area (Å²) in [5.41, 5.74) is -0.203. The Labute approximate surface area is 85.3 Å². The molecule has 0 aromatic carbocycles. The van der Waals surface area contributed by atoms with E-state index in [1.54, 1.807) is 0 Å². The number of rotatable bonds is 4. The third-order valence-electron chi connectivity index (χ3n) is 1.62. The van der Waals surface area contributed by atoms with Crippen LogP contribution in [-0.4, -0.2) is 27.8 Å². The van der Waals surface area contributed by atoms with E-state index >= 15 is 0 Å². The number of ketones is 1. The maximum absolute atomic E-state index is 10.9. The summed E-state index contributed by atoms with van der Waals surface area (Å²) in [6.45, 7) is 1.33. The number of ether oxygens (including phenoxy) is 1. The van der Waals surface area contributed by atoms with Gasteiger partial charge in [-0.3, -0.25) is 14.9 Å². The minimum Gasteiger partial charge on any atom is -0.467 e. The molecule has 0 atom stereocenters. The van der Waals surface area contributed by atoms with Gasteiger partial charge in [-0.05, 0) is 6.92 Å². The molecule has 1 aromatic rings. The molecule has 0 unspecified atom stereocenters. The molecule has 0 aliphatic heterocycles. The Morgan fingerprint density at radius 3 is 2.80 bits per heavy atom. The molecule has 0 aliphatic carbocycles. The molecule has 7 nitrogen and oxygen atoms in total. The highest BCUT2D eigenvalue weighted by atomic mass is 16.6. The van der Waals surface area contributed by atoms with E-state index in [0.717, 1.165) is 6.20 Å². The topological polar surface area (TPSA) is 95.2 Å². The lowest BCUT2D eigenvalue weighted by Gasteiger charge is -2.01. The number of methoxy groups -OCH3 is 1. The highest BCUT2D eigenvalue weighted by Crippen LogP contribution is 2.17. The molecular weight excluding hydrogens is 202 g/mol. The Balaban J connectivity index is 3.16. The third kappa shape index (κ3) is 2.70. The van der Waals surface area contributed by atoms with Gasteiger partial charge >= 0.3 is 11.7 Å². The molecule has 0 fully saturated rings. The summed E-state index contributed by atoms with van der Waals surface area (Å²) in [6.07, 6.45) is 0.930. The number of hydrogen-bond acceptors (Lipinski definition) is 6. The van der Waals surface area contributed by atoms with Crippen molar-refractivity contribution in [1.82, 2.24) is 9.97 Å². The van der Waals surface area contributed by atoms with Crippen LogP contribution in [0.1, 0.15) is 12.6 Å². The van der Waals surface area contributed by atoms with Crippen molar-refractivity contribution >= 4 is 11.5 Å². The van der Waals surface area contributed by atoms with Crippen molar-refractivity contribution in [2.24, 2.45) is 0 Å². The van der Waals surface area contributed by atoms with Crippen LogP contribution in [-0.2, 0) is 11.2 Å². The number of carbonyl (C=O) groups is 1. The summed E-state index contributed by atoms with van der Waals surface area (Å²) in [4.78, 5) is 28.2. The molecule has 0 bridgehead atoms. The predicted molar refractivity (Wildman–Crippen MR) is 49.6 cm³/mol. The summed E-state index contributed by atoms with van der Waals surface area (Å²) in [7, 11) is 1.35. The number of Topliss-reactive ketones (excluding diaryl/α,β-unsaturated/α-hetero) is 1. The van der Waals surface area contributed by atoms with Crippen molar-refractivity contribution in [3.63, 3.8) is 0 Å². The number of aromatic nitrogens is 2. The van der Waals surface area contributed by atoms with E-state index in [-0.39, 0.29) is 29.6 Å². The fourth-order valence-electron chi connectivity index (χ4n) is 1.01. The molecule has 1 aromatic heterocycles. The SMILES string of the molecule is COc1ncc([N+](=O)[O-])c(CC(C)=O)n1. The zero-order chi connectivity index (χ0) is 11.4. The second-order valence-corrected chi connectivity index (χ2v) is 2.82. The Kier molecular flexibility index (Phi) is 3.27. The minimum atomic E-state index is -0.627. The second kappa shape index (κ2) is 4.45. The van der Waals surface area contributed by atoms with E-state index in [9.17, 15) is 14.9 Å². The van der Waals surface area contributed by atoms with E-state index in [0.29, 0.717) is 0 Å². The average Bonchev–Trinajstić information content (AvgIpc) is 2.16. The molecule has 0 saturated heterocycles. The Morgan fingerprint density at radius 1 is 1.67 bits per heavy atom. The average molecular weight is 211 g/mol. The molecule has 80 valence electrons. The van der Waals surface area contributed by atoms with Gasteiger partial charge in [0.25, 0.3) is 0 Å². The molecule has 0 spiro atoms. The first-order chi connectivity index (χ1) is 7.04. The van der Waals surface area contributed by atoms with Crippen LogP contribution in [0, 0.1) is 10.1 Å². The first-order valence-electron chi connectivity index (χ1n) is 4.08. The van der Waals surface area contributed by atoms with Gasteiger partial charge in [-0.2, -0.15) is 9.97 Å². The van der Waals surface area contributed by atoms with Crippen molar-refractivity contribution in [3.8, 4) is 6.01 Å². The van der Waals surface area contributed by atoms with Gasteiger partial charge in [0, 0.05) is 0 Å². The first kappa shape index (κ1) is 11.0. The molecule has 0 N–H and O–H groups in total. The van der Waals surface area contributed by atoms with E-state index in [4.69, 9.17) is 4.74 Å². The van der Waals surface area contributed by atoms with Gasteiger partial charge in [0.2, 0.25) is 0 Å². The fraction of sp³-hybridized carbons (Fsp3) is 0.375. The van der Waals surface area contributed by atoms with E-state index in [1.807, 2.05) is 0 Å². The Bertz CT molecular complexity index is 405. The van der Waals surface area contributed by atoms with Crippen LogP contribution < -0.4 is 4.74 Å².